The van der Waals surface area contributed by atoms with Gasteiger partial charge in [-0.15, -0.1) is 5.10 Å². The van der Waals surface area contributed by atoms with Crippen LogP contribution in [0.2, 0.25) is 0 Å². The van der Waals surface area contributed by atoms with Crippen LogP contribution in [-0.4, -0.2) is 41.9 Å². The summed E-state index contributed by atoms with van der Waals surface area (Å²) in [5, 5.41) is 4.43. The lowest BCUT2D eigenvalue weighted by molar-refractivity contribution is 0.251. The van der Waals surface area contributed by atoms with Crippen LogP contribution in [0, 0.1) is 6.92 Å². The highest BCUT2D eigenvalue weighted by molar-refractivity contribution is 5.51. The minimum Gasteiger partial charge on any atom is -0.475 e. The van der Waals surface area contributed by atoms with E-state index in [-0.39, 0.29) is 0 Å². The van der Waals surface area contributed by atoms with Crippen molar-refractivity contribution in [3.63, 3.8) is 0 Å². The van der Waals surface area contributed by atoms with Gasteiger partial charge in [-0.25, -0.2) is 4.68 Å². The molecule has 0 unspecified atom stereocenters. The number of anilines is 1. The lowest BCUT2D eigenvalue weighted by atomic mass is 10.3. The van der Waals surface area contributed by atoms with Crippen molar-refractivity contribution in [1.82, 2.24) is 14.7 Å². The molecular weight excluding hydrogens is 240 g/mol. The highest BCUT2D eigenvalue weighted by atomic mass is 16.5. The smallest absolute Gasteiger partial charge is 0.238 e. The maximum atomic E-state index is 6.08. The largest absolute Gasteiger partial charge is 0.475 e. The third-order valence-corrected chi connectivity index (χ3v) is 2.90. The number of nitrogen functional groups attached to an aromatic ring is 1. The lowest BCUT2D eigenvalue weighted by Gasteiger charge is -2.09. The van der Waals surface area contributed by atoms with E-state index < -0.39 is 0 Å². The molecule has 1 heterocycles. The third kappa shape index (κ3) is 3.06. The number of aromatic nitrogens is 2. The molecule has 1 aromatic carbocycles. The van der Waals surface area contributed by atoms with Gasteiger partial charge in [-0.05, 0) is 33.2 Å². The van der Waals surface area contributed by atoms with E-state index in [1.54, 1.807) is 4.68 Å². The molecule has 0 aliphatic heterocycles. The second kappa shape index (κ2) is 5.75. The van der Waals surface area contributed by atoms with E-state index in [9.17, 15) is 0 Å². The van der Waals surface area contributed by atoms with Crippen molar-refractivity contribution >= 4 is 5.82 Å². The Labute approximate surface area is 113 Å². The zero-order valence-electron chi connectivity index (χ0n) is 11.6. The van der Waals surface area contributed by atoms with E-state index in [2.05, 4.69) is 10.00 Å². The van der Waals surface area contributed by atoms with Gasteiger partial charge in [0, 0.05) is 6.54 Å². The maximum absolute atomic E-state index is 6.08. The summed E-state index contributed by atoms with van der Waals surface area (Å²) in [5.41, 5.74) is 7.89. The summed E-state index contributed by atoms with van der Waals surface area (Å²) in [4.78, 5) is 2.06. The molecule has 0 aliphatic carbocycles. The van der Waals surface area contributed by atoms with Crippen molar-refractivity contribution in [3.05, 3.63) is 35.9 Å². The number of ether oxygens (including phenoxy) is 1. The van der Waals surface area contributed by atoms with Crippen LogP contribution in [0.15, 0.2) is 30.3 Å². The van der Waals surface area contributed by atoms with Gasteiger partial charge in [0.25, 0.3) is 0 Å². The van der Waals surface area contributed by atoms with E-state index in [0.29, 0.717) is 18.3 Å². The first-order valence-corrected chi connectivity index (χ1v) is 6.27. The molecule has 2 rings (SSSR count). The average molecular weight is 260 g/mol. The van der Waals surface area contributed by atoms with E-state index >= 15 is 0 Å². The van der Waals surface area contributed by atoms with Gasteiger partial charge < -0.3 is 15.4 Å². The number of rotatable bonds is 5. The molecule has 19 heavy (non-hydrogen) atoms. The maximum Gasteiger partial charge on any atom is 0.238 e. The quantitative estimate of drug-likeness (QED) is 0.889. The molecule has 0 amide bonds. The molecule has 0 atom stereocenters. The predicted molar refractivity (Wildman–Crippen MR) is 76.8 cm³/mol. The van der Waals surface area contributed by atoms with Gasteiger partial charge in [0.1, 0.15) is 12.4 Å². The standard InChI is InChI=1S/C14H20N4O/c1-11-13(15)18(12-7-5-4-6-8-12)16-14(11)19-10-9-17(2)3/h4-8H,9-10,15H2,1-3H3. The Morgan fingerprint density at radius 1 is 1.26 bits per heavy atom. The monoisotopic (exact) mass is 260 g/mol. The van der Waals surface area contributed by atoms with Crippen molar-refractivity contribution in [3.8, 4) is 11.6 Å². The Balaban J connectivity index is 2.19. The summed E-state index contributed by atoms with van der Waals surface area (Å²) in [6, 6.07) is 9.81. The van der Waals surface area contributed by atoms with Crippen molar-refractivity contribution in [2.45, 2.75) is 6.92 Å². The van der Waals surface area contributed by atoms with Gasteiger partial charge in [0.05, 0.1) is 11.3 Å². The highest BCUT2D eigenvalue weighted by Gasteiger charge is 2.13. The molecule has 0 saturated carbocycles. The second-order valence-corrected chi connectivity index (χ2v) is 4.71. The molecule has 2 aromatic rings. The van der Waals surface area contributed by atoms with E-state index in [0.717, 1.165) is 17.8 Å². The van der Waals surface area contributed by atoms with Crippen LogP contribution in [0.4, 0.5) is 5.82 Å². The number of para-hydroxylation sites is 1. The van der Waals surface area contributed by atoms with E-state index in [1.165, 1.54) is 0 Å². The minimum atomic E-state index is 0.596. The Hall–Kier alpha value is -2.01. The summed E-state index contributed by atoms with van der Waals surface area (Å²) in [7, 11) is 4.01. The summed E-state index contributed by atoms with van der Waals surface area (Å²) in [5.74, 6) is 1.22. The Bertz CT molecular complexity index is 534. The molecule has 0 spiro atoms. The van der Waals surface area contributed by atoms with E-state index in [1.807, 2.05) is 51.4 Å². The summed E-state index contributed by atoms with van der Waals surface area (Å²) >= 11 is 0. The SMILES string of the molecule is Cc1c(OCCN(C)C)nn(-c2ccccc2)c1N. The van der Waals surface area contributed by atoms with Crippen LogP contribution in [0.3, 0.4) is 0 Å². The molecule has 0 saturated heterocycles. The van der Waals surface area contributed by atoms with Crippen LogP contribution < -0.4 is 10.5 Å². The number of nitrogens with two attached hydrogens (primary N) is 1. The topological polar surface area (TPSA) is 56.3 Å². The van der Waals surface area contributed by atoms with Crippen LogP contribution in [0.5, 0.6) is 5.88 Å². The number of hydrogen-bond acceptors (Lipinski definition) is 4. The molecule has 0 fully saturated rings. The molecule has 0 bridgehead atoms. The summed E-state index contributed by atoms with van der Waals surface area (Å²) in [6.07, 6.45) is 0. The molecule has 0 radical (unpaired) electrons. The molecule has 0 aliphatic rings. The first kappa shape index (κ1) is 13.4. The molecule has 1 aromatic heterocycles. The minimum absolute atomic E-state index is 0.596. The molecule has 102 valence electrons. The summed E-state index contributed by atoms with van der Waals surface area (Å²) in [6.45, 7) is 3.36. The number of hydrogen-bond donors (Lipinski definition) is 1. The normalized spacial score (nSPS) is 10.9. The van der Waals surface area contributed by atoms with Crippen LogP contribution >= 0.6 is 0 Å². The van der Waals surface area contributed by atoms with Crippen molar-refractivity contribution in [2.24, 2.45) is 0 Å². The molecule has 2 N–H and O–H groups in total. The molecule has 5 heteroatoms. The Kier molecular flexibility index (Phi) is 4.06. The molecular formula is C14H20N4O. The van der Waals surface area contributed by atoms with Gasteiger partial charge in [-0.3, -0.25) is 0 Å². The van der Waals surface area contributed by atoms with Crippen LogP contribution in [0.25, 0.3) is 5.69 Å². The zero-order chi connectivity index (χ0) is 13.8. The second-order valence-electron chi connectivity index (χ2n) is 4.71. The van der Waals surface area contributed by atoms with Gasteiger partial charge in [0.15, 0.2) is 0 Å². The van der Waals surface area contributed by atoms with Gasteiger partial charge in [-0.1, -0.05) is 18.2 Å². The van der Waals surface area contributed by atoms with Crippen molar-refractivity contribution in [2.75, 3.05) is 33.0 Å². The van der Waals surface area contributed by atoms with Crippen LogP contribution in [0.1, 0.15) is 5.56 Å². The van der Waals surface area contributed by atoms with Gasteiger partial charge in [0.2, 0.25) is 5.88 Å². The Morgan fingerprint density at radius 3 is 2.58 bits per heavy atom. The predicted octanol–water partition coefficient (Wildman–Crippen LogP) is 1.70. The van der Waals surface area contributed by atoms with Gasteiger partial charge >= 0.3 is 0 Å². The number of benzene rings is 1. The first-order chi connectivity index (χ1) is 9.09. The van der Waals surface area contributed by atoms with Gasteiger partial charge in [-0.2, -0.15) is 0 Å². The van der Waals surface area contributed by atoms with E-state index in [4.69, 9.17) is 10.5 Å². The highest BCUT2D eigenvalue weighted by Crippen LogP contribution is 2.25. The first-order valence-electron chi connectivity index (χ1n) is 6.27. The number of nitrogens with zero attached hydrogens (tertiary/aromatic N) is 3. The van der Waals surface area contributed by atoms with Crippen molar-refractivity contribution in [1.29, 1.82) is 0 Å². The summed E-state index contributed by atoms with van der Waals surface area (Å²) < 4.78 is 7.39. The fraction of sp³-hybridized carbons (Fsp3) is 0.357. The number of likely N-dealkylation sites (N-methyl/N-ethyl adjacent to an activating group) is 1. The average Bonchev–Trinajstić information content (AvgIpc) is 2.68. The Morgan fingerprint density at radius 2 is 1.95 bits per heavy atom. The lowest BCUT2D eigenvalue weighted by Crippen LogP contribution is -2.19. The van der Waals surface area contributed by atoms with Crippen LogP contribution in [-0.2, 0) is 0 Å². The fourth-order valence-corrected chi connectivity index (χ4v) is 1.72. The zero-order valence-corrected chi connectivity index (χ0v) is 11.6. The fourth-order valence-electron chi connectivity index (χ4n) is 1.72. The molecule has 5 nitrogen and oxygen atoms in total. The third-order valence-electron chi connectivity index (χ3n) is 2.90. The van der Waals surface area contributed by atoms with Crippen molar-refractivity contribution < 1.29 is 4.74 Å².